The lowest BCUT2D eigenvalue weighted by atomic mass is 9.82. The summed E-state index contributed by atoms with van der Waals surface area (Å²) in [5.41, 5.74) is 1.76. The molecule has 0 aliphatic heterocycles. The second kappa shape index (κ2) is 7.01. The zero-order chi connectivity index (χ0) is 16.3. The average molecular weight is 359 g/mol. The molecule has 0 aliphatic rings. The van der Waals surface area contributed by atoms with Crippen LogP contribution in [0.2, 0.25) is 0 Å². The monoisotopic (exact) mass is 358 g/mol. The molecule has 0 heterocycles. The molecule has 1 aromatic rings. The van der Waals surface area contributed by atoms with E-state index in [1.807, 2.05) is 6.07 Å². The second-order valence-electron chi connectivity index (χ2n) is 7.45. The van der Waals surface area contributed by atoms with Crippen molar-refractivity contribution in [1.29, 1.82) is 0 Å². The molecule has 0 unspecified atom stereocenters. The number of ether oxygens (including phenoxy) is 2. The summed E-state index contributed by atoms with van der Waals surface area (Å²) in [7, 11) is 3.32. The zero-order valence-corrected chi connectivity index (χ0v) is 15.9. The highest BCUT2D eigenvalue weighted by molar-refractivity contribution is 9.10. The third-order valence-corrected chi connectivity index (χ3v) is 3.96. The van der Waals surface area contributed by atoms with Crippen molar-refractivity contribution in [2.24, 2.45) is 5.41 Å². The van der Waals surface area contributed by atoms with Gasteiger partial charge in [-0.25, -0.2) is 0 Å². The van der Waals surface area contributed by atoms with Crippen molar-refractivity contribution in [3.63, 3.8) is 0 Å². The van der Waals surface area contributed by atoms with Crippen LogP contribution in [0.25, 0.3) is 0 Å². The van der Waals surface area contributed by atoms with E-state index in [9.17, 15) is 0 Å². The molecule has 0 bridgehead atoms. The summed E-state index contributed by atoms with van der Waals surface area (Å²) in [6, 6.07) is 4.15. The lowest BCUT2D eigenvalue weighted by Gasteiger charge is -2.30. The van der Waals surface area contributed by atoms with Gasteiger partial charge in [0, 0.05) is 12.0 Å². The van der Waals surface area contributed by atoms with Crippen LogP contribution in [0.3, 0.4) is 0 Å². The largest absolute Gasteiger partial charge is 0.493 e. The minimum Gasteiger partial charge on any atom is -0.493 e. The molecule has 1 aromatic carbocycles. The summed E-state index contributed by atoms with van der Waals surface area (Å²) in [6.45, 7) is 12.4. The van der Waals surface area contributed by atoms with E-state index in [-0.39, 0.29) is 5.54 Å². The van der Waals surface area contributed by atoms with Gasteiger partial charge in [0.25, 0.3) is 0 Å². The third-order valence-electron chi connectivity index (χ3n) is 3.37. The summed E-state index contributed by atoms with van der Waals surface area (Å²) in [4.78, 5) is 0. The standard InChI is InChI=1S/C17H28BrNO2/c1-16(2,3)11-17(4,5)19-10-12-8-13(18)15(21-7)14(9-12)20-6/h8-9,19H,10-11H2,1-7H3/p+1. The molecule has 0 amide bonds. The second-order valence-corrected chi connectivity index (χ2v) is 8.30. The number of rotatable bonds is 6. The predicted octanol–water partition coefficient (Wildman–Crippen LogP) is 3.74. The van der Waals surface area contributed by atoms with Gasteiger partial charge in [-0.1, -0.05) is 20.8 Å². The molecule has 120 valence electrons. The predicted molar refractivity (Wildman–Crippen MR) is 91.0 cm³/mol. The van der Waals surface area contributed by atoms with E-state index in [2.05, 4.69) is 61.9 Å². The van der Waals surface area contributed by atoms with Crippen LogP contribution in [0.1, 0.15) is 46.6 Å². The van der Waals surface area contributed by atoms with E-state index in [0.29, 0.717) is 5.41 Å². The van der Waals surface area contributed by atoms with Gasteiger partial charge in [0.15, 0.2) is 11.5 Å². The van der Waals surface area contributed by atoms with Crippen LogP contribution in [-0.4, -0.2) is 19.8 Å². The first-order valence-electron chi connectivity index (χ1n) is 7.33. The van der Waals surface area contributed by atoms with E-state index < -0.39 is 0 Å². The molecule has 0 saturated heterocycles. The Morgan fingerprint density at radius 2 is 1.67 bits per heavy atom. The number of methoxy groups -OCH3 is 2. The van der Waals surface area contributed by atoms with Crippen LogP contribution in [0.15, 0.2) is 16.6 Å². The molecule has 0 atom stereocenters. The van der Waals surface area contributed by atoms with Gasteiger partial charge in [-0.15, -0.1) is 0 Å². The van der Waals surface area contributed by atoms with E-state index in [0.717, 1.165) is 28.9 Å². The maximum absolute atomic E-state index is 5.40. The van der Waals surface area contributed by atoms with Crippen molar-refractivity contribution in [2.75, 3.05) is 14.2 Å². The fraction of sp³-hybridized carbons (Fsp3) is 0.647. The zero-order valence-electron chi connectivity index (χ0n) is 14.3. The molecule has 0 aromatic heterocycles. The highest BCUT2D eigenvalue weighted by atomic mass is 79.9. The van der Waals surface area contributed by atoms with Crippen molar-refractivity contribution in [3.05, 3.63) is 22.2 Å². The Morgan fingerprint density at radius 3 is 2.14 bits per heavy atom. The molecule has 4 heteroatoms. The maximum atomic E-state index is 5.40. The number of benzene rings is 1. The maximum Gasteiger partial charge on any atom is 0.174 e. The number of nitrogens with two attached hydrogens (primary N) is 1. The summed E-state index contributed by atoms with van der Waals surface area (Å²) >= 11 is 3.55. The summed E-state index contributed by atoms with van der Waals surface area (Å²) in [5, 5.41) is 2.39. The SMILES string of the molecule is COc1cc(C[NH2+]C(C)(C)CC(C)(C)C)cc(Br)c1OC. The lowest BCUT2D eigenvalue weighted by Crippen LogP contribution is -2.94. The number of hydrogen-bond donors (Lipinski definition) is 1. The number of quaternary nitrogens is 1. The van der Waals surface area contributed by atoms with E-state index in [1.165, 1.54) is 5.56 Å². The van der Waals surface area contributed by atoms with Crippen LogP contribution in [-0.2, 0) is 6.54 Å². The number of hydrogen-bond acceptors (Lipinski definition) is 2. The summed E-state index contributed by atoms with van der Waals surface area (Å²) in [5.74, 6) is 1.51. The van der Waals surface area contributed by atoms with Gasteiger partial charge in [-0.05, 0) is 47.3 Å². The first-order valence-corrected chi connectivity index (χ1v) is 8.12. The van der Waals surface area contributed by atoms with Crippen molar-refractivity contribution < 1.29 is 14.8 Å². The molecule has 2 N–H and O–H groups in total. The van der Waals surface area contributed by atoms with Crippen LogP contribution < -0.4 is 14.8 Å². The topological polar surface area (TPSA) is 35.1 Å². The van der Waals surface area contributed by atoms with Crippen molar-refractivity contribution in [2.45, 2.75) is 53.1 Å². The quantitative estimate of drug-likeness (QED) is 0.840. The summed E-state index contributed by atoms with van der Waals surface area (Å²) in [6.07, 6.45) is 1.16. The van der Waals surface area contributed by atoms with E-state index >= 15 is 0 Å². The third kappa shape index (κ3) is 5.87. The van der Waals surface area contributed by atoms with Gasteiger partial charge in [0.2, 0.25) is 0 Å². The van der Waals surface area contributed by atoms with Crippen LogP contribution in [0.5, 0.6) is 11.5 Å². The fourth-order valence-electron chi connectivity index (χ4n) is 2.92. The van der Waals surface area contributed by atoms with Gasteiger partial charge >= 0.3 is 0 Å². The Kier molecular flexibility index (Phi) is 6.11. The Bertz CT molecular complexity index is 478. The van der Waals surface area contributed by atoms with Crippen molar-refractivity contribution >= 4 is 15.9 Å². The Morgan fingerprint density at radius 1 is 1.05 bits per heavy atom. The van der Waals surface area contributed by atoms with Gasteiger partial charge in [-0.3, -0.25) is 0 Å². The molecular formula is C17H29BrNO2+. The van der Waals surface area contributed by atoms with Crippen molar-refractivity contribution in [1.82, 2.24) is 0 Å². The molecule has 0 radical (unpaired) electrons. The van der Waals surface area contributed by atoms with Gasteiger partial charge in [-0.2, -0.15) is 0 Å². The molecule has 21 heavy (non-hydrogen) atoms. The average Bonchev–Trinajstić information content (AvgIpc) is 2.32. The van der Waals surface area contributed by atoms with Crippen molar-refractivity contribution in [3.8, 4) is 11.5 Å². The van der Waals surface area contributed by atoms with Gasteiger partial charge in [0.05, 0.1) is 24.2 Å². The highest BCUT2D eigenvalue weighted by Gasteiger charge is 2.28. The molecule has 3 nitrogen and oxygen atoms in total. The first-order chi connectivity index (χ1) is 9.58. The Hall–Kier alpha value is -0.740. The first kappa shape index (κ1) is 18.3. The van der Waals surface area contributed by atoms with Crippen LogP contribution in [0, 0.1) is 5.41 Å². The Labute approximate surface area is 137 Å². The minimum atomic E-state index is 0.206. The van der Waals surface area contributed by atoms with Crippen LogP contribution in [0.4, 0.5) is 0 Å². The number of halogens is 1. The normalized spacial score (nSPS) is 12.4. The van der Waals surface area contributed by atoms with Gasteiger partial charge in [0.1, 0.15) is 6.54 Å². The van der Waals surface area contributed by atoms with E-state index in [1.54, 1.807) is 14.2 Å². The molecule has 0 aliphatic carbocycles. The van der Waals surface area contributed by atoms with Crippen LogP contribution >= 0.6 is 15.9 Å². The molecular weight excluding hydrogens is 330 g/mol. The highest BCUT2D eigenvalue weighted by Crippen LogP contribution is 2.36. The molecule has 0 saturated carbocycles. The minimum absolute atomic E-state index is 0.206. The smallest absolute Gasteiger partial charge is 0.174 e. The molecule has 0 fully saturated rings. The Balaban J connectivity index is 2.82. The van der Waals surface area contributed by atoms with Gasteiger partial charge < -0.3 is 14.8 Å². The lowest BCUT2D eigenvalue weighted by molar-refractivity contribution is -0.737. The summed E-state index contributed by atoms with van der Waals surface area (Å²) < 4.78 is 11.7. The fourth-order valence-corrected chi connectivity index (χ4v) is 3.57. The molecule has 0 spiro atoms. The van der Waals surface area contributed by atoms with E-state index in [4.69, 9.17) is 9.47 Å². The molecule has 1 rings (SSSR count).